The highest BCUT2D eigenvalue weighted by atomic mass is 19.4. The van der Waals surface area contributed by atoms with Gasteiger partial charge in [-0.1, -0.05) is 9.84 Å². The first-order valence-corrected chi connectivity index (χ1v) is 7.08. The number of carbonyl (C=O) groups is 3. The van der Waals surface area contributed by atoms with Gasteiger partial charge in [0.25, 0.3) is 5.91 Å². The summed E-state index contributed by atoms with van der Waals surface area (Å²) in [5, 5.41) is 18.6. The first kappa shape index (κ1) is 21.5. The summed E-state index contributed by atoms with van der Waals surface area (Å²) < 4.78 is 42.3. The molecule has 2 heterocycles. The Morgan fingerprint density at radius 2 is 2.04 bits per heavy atom. The molecule has 1 amide bonds. The lowest BCUT2D eigenvalue weighted by Crippen LogP contribution is -2.38. The third kappa shape index (κ3) is 7.94. The van der Waals surface area contributed by atoms with Gasteiger partial charge in [0.1, 0.15) is 18.9 Å². The predicted octanol–water partition coefficient (Wildman–Crippen LogP) is 0.806. The van der Waals surface area contributed by atoms with Crippen LogP contribution in [0.4, 0.5) is 19.0 Å². The molecule has 0 aliphatic rings. The Balaban J connectivity index is 0.000000387. The Morgan fingerprint density at radius 3 is 2.44 bits per heavy atom. The van der Waals surface area contributed by atoms with Crippen LogP contribution in [0.2, 0.25) is 0 Å². The first-order chi connectivity index (χ1) is 12.6. The van der Waals surface area contributed by atoms with Crippen LogP contribution >= 0.6 is 0 Å². The van der Waals surface area contributed by atoms with Crippen molar-refractivity contribution in [2.24, 2.45) is 0 Å². The maximum absolute atomic E-state index is 11.8. The Hall–Kier alpha value is -3.51. The van der Waals surface area contributed by atoms with Gasteiger partial charge in [-0.15, -0.1) is 0 Å². The summed E-state index contributed by atoms with van der Waals surface area (Å²) in [7, 11) is 0.676. The number of carboxylic acids is 1. The number of halogens is 3. The van der Waals surface area contributed by atoms with Crippen LogP contribution in [-0.2, 0) is 20.9 Å². The lowest BCUT2D eigenvalue weighted by Gasteiger charge is -1.99. The zero-order valence-corrected chi connectivity index (χ0v) is 13.8. The molecular weight excluding hydrogens is 377 g/mol. The number of nitrogens with zero attached hydrogens (tertiary/aromatic N) is 3. The number of alkyl halides is 3. The van der Waals surface area contributed by atoms with Gasteiger partial charge < -0.3 is 19.7 Å². The van der Waals surface area contributed by atoms with Crippen molar-refractivity contribution < 1.29 is 46.6 Å². The zero-order chi connectivity index (χ0) is 20.4. The number of esters is 1. The van der Waals surface area contributed by atoms with Crippen molar-refractivity contribution in [1.82, 2.24) is 10.3 Å². The van der Waals surface area contributed by atoms with E-state index < -0.39 is 18.1 Å². The molecule has 0 aliphatic carbocycles. The third-order valence-electron chi connectivity index (χ3n) is 2.68. The number of anilines is 1. The minimum absolute atomic E-state index is 0.0256. The van der Waals surface area contributed by atoms with Crippen LogP contribution in [-0.4, -0.2) is 46.5 Å². The smallest absolute Gasteiger partial charge is 0.481 e. The molecule has 2 N–H and O–H groups in total. The first-order valence-electron chi connectivity index (χ1n) is 7.08. The monoisotopic (exact) mass is 391 g/mol. The van der Waals surface area contributed by atoms with E-state index in [1.807, 2.05) is 0 Å². The maximum Gasteiger partial charge on any atom is 0.490 e. The molecule has 10 nitrogen and oxygen atoms in total. The van der Waals surface area contributed by atoms with E-state index in [1.165, 1.54) is 23.2 Å². The Bertz CT molecular complexity index is 762. The fraction of sp³-hybridized carbons (Fsp3) is 0.286. The second-order valence-electron chi connectivity index (χ2n) is 4.65. The quantitative estimate of drug-likeness (QED) is 0.565. The van der Waals surface area contributed by atoms with E-state index in [9.17, 15) is 27.6 Å². The van der Waals surface area contributed by atoms with E-state index in [2.05, 4.69) is 24.8 Å². The van der Waals surface area contributed by atoms with Crippen molar-refractivity contribution >= 4 is 23.7 Å². The number of hydrogen-bond donors (Lipinski definition) is 2. The lowest BCUT2D eigenvalue weighted by atomic mass is 10.3. The minimum atomic E-state index is -4.85. The summed E-state index contributed by atoms with van der Waals surface area (Å²) in [4.78, 5) is 31.6. The second-order valence-corrected chi connectivity index (χ2v) is 4.65. The van der Waals surface area contributed by atoms with Gasteiger partial charge in [-0.2, -0.15) is 13.2 Å². The Kier molecular flexibility index (Phi) is 7.85. The molecule has 0 unspecified atom stereocenters. The Labute approximate surface area is 149 Å². The molecule has 0 aliphatic heterocycles. The van der Waals surface area contributed by atoms with Crippen molar-refractivity contribution in [2.75, 3.05) is 12.4 Å². The highest BCUT2D eigenvalue weighted by Crippen LogP contribution is 2.15. The van der Waals surface area contributed by atoms with E-state index in [1.54, 1.807) is 12.3 Å². The summed E-state index contributed by atoms with van der Waals surface area (Å²) in [5.74, 6) is -3.13. The van der Waals surface area contributed by atoms with Crippen LogP contribution < -0.4 is 10.00 Å². The molecule has 0 saturated heterocycles. The van der Waals surface area contributed by atoms with E-state index in [4.69, 9.17) is 5.11 Å². The number of carboxylic acid groups (broad SMARTS) is 1. The average molecular weight is 391 g/mol. The lowest BCUT2D eigenvalue weighted by molar-refractivity contribution is -0.753. The molecule has 2 aromatic rings. The van der Waals surface area contributed by atoms with Crippen molar-refractivity contribution in [2.45, 2.75) is 19.1 Å². The van der Waals surface area contributed by atoms with E-state index in [0.29, 0.717) is 18.5 Å². The highest BCUT2D eigenvalue weighted by Gasteiger charge is 2.40. The van der Waals surface area contributed by atoms with Crippen LogP contribution in [0.3, 0.4) is 0 Å². The van der Waals surface area contributed by atoms with Crippen LogP contribution in [0, 0.1) is 0 Å². The number of ether oxygens (including phenoxy) is 1. The number of nitrogens with one attached hydrogen (secondary N) is 1. The predicted molar refractivity (Wildman–Crippen MR) is 79.2 cm³/mol. The SMILES string of the molecule is COC(=O)C(F)(F)F.O=C(O)CC[n+]1ccc(C(=O)Nc2ccon2)cn1. The molecular formula is C14H14F3N4O6+. The molecule has 0 bridgehead atoms. The Morgan fingerprint density at radius 1 is 1.33 bits per heavy atom. The van der Waals surface area contributed by atoms with Gasteiger partial charge >= 0.3 is 18.1 Å². The summed E-state index contributed by atoms with van der Waals surface area (Å²) in [5.41, 5.74) is 0.342. The van der Waals surface area contributed by atoms with Crippen LogP contribution in [0.1, 0.15) is 16.8 Å². The molecule has 2 rings (SSSR count). The van der Waals surface area contributed by atoms with Crippen molar-refractivity contribution in [3.05, 3.63) is 36.4 Å². The van der Waals surface area contributed by atoms with Gasteiger partial charge in [0.15, 0.2) is 18.6 Å². The molecule has 0 atom stereocenters. The van der Waals surface area contributed by atoms with Crippen LogP contribution in [0.5, 0.6) is 0 Å². The highest BCUT2D eigenvalue weighted by molar-refractivity contribution is 6.03. The molecule has 0 spiro atoms. The summed E-state index contributed by atoms with van der Waals surface area (Å²) in [6.45, 7) is 0.251. The average Bonchev–Trinajstić information content (AvgIpc) is 3.12. The standard InChI is InChI=1S/C11H10N4O4.C3H3F3O2/c16-10(17)2-5-15-4-1-8(7-12-15)11(18)13-9-3-6-19-14-9;1-8-2(7)3(4,5)6/h1,3-4,6-7H,2,5H2,(H-,13,14,16,17,18);1H3/p+1. The number of amides is 1. The second kappa shape index (κ2) is 9.84. The molecule has 0 saturated carbocycles. The molecule has 0 fully saturated rings. The summed E-state index contributed by atoms with van der Waals surface area (Å²) in [6, 6.07) is 3.06. The summed E-state index contributed by atoms with van der Waals surface area (Å²) >= 11 is 0. The van der Waals surface area contributed by atoms with E-state index in [-0.39, 0.29) is 18.9 Å². The number of rotatable bonds is 5. The molecule has 0 radical (unpaired) electrons. The molecule has 0 aromatic carbocycles. The maximum atomic E-state index is 11.8. The normalized spacial score (nSPS) is 10.4. The largest absolute Gasteiger partial charge is 0.490 e. The fourth-order valence-electron chi connectivity index (χ4n) is 1.44. The zero-order valence-electron chi connectivity index (χ0n) is 13.8. The molecule has 2 aromatic heterocycles. The van der Waals surface area contributed by atoms with Crippen LogP contribution in [0.15, 0.2) is 35.3 Å². The number of methoxy groups -OCH3 is 1. The third-order valence-corrected chi connectivity index (χ3v) is 2.68. The van der Waals surface area contributed by atoms with Gasteiger partial charge in [0.2, 0.25) is 0 Å². The van der Waals surface area contributed by atoms with Gasteiger partial charge in [0.05, 0.1) is 12.7 Å². The number of aromatic nitrogens is 3. The van der Waals surface area contributed by atoms with Crippen molar-refractivity contribution in [3.63, 3.8) is 0 Å². The van der Waals surface area contributed by atoms with Crippen molar-refractivity contribution in [3.8, 4) is 0 Å². The van der Waals surface area contributed by atoms with E-state index >= 15 is 0 Å². The minimum Gasteiger partial charge on any atom is -0.481 e. The van der Waals surface area contributed by atoms with Gasteiger partial charge in [-0.3, -0.25) is 9.59 Å². The molecule has 27 heavy (non-hydrogen) atoms. The number of aliphatic carboxylic acids is 1. The van der Waals surface area contributed by atoms with Gasteiger partial charge in [0, 0.05) is 12.1 Å². The number of aryl methyl sites for hydroxylation is 1. The van der Waals surface area contributed by atoms with Gasteiger partial charge in [-0.25, -0.2) is 4.79 Å². The molecule has 13 heteroatoms. The van der Waals surface area contributed by atoms with Gasteiger partial charge in [-0.05, 0) is 5.10 Å². The molecule has 146 valence electrons. The van der Waals surface area contributed by atoms with Crippen molar-refractivity contribution in [1.29, 1.82) is 0 Å². The number of carbonyl (C=O) groups excluding carboxylic acids is 2. The van der Waals surface area contributed by atoms with E-state index in [0.717, 1.165) is 0 Å². The summed E-state index contributed by atoms with van der Waals surface area (Å²) in [6.07, 6.45) is -0.631. The van der Waals surface area contributed by atoms with Crippen LogP contribution in [0.25, 0.3) is 0 Å². The number of hydrogen-bond acceptors (Lipinski definition) is 7. The topological polar surface area (TPSA) is 136 Å². The fourth-order valence-corrected chi connectivity index (χ4v) is 1.44.